The number of halogens is 3. The Kier molecular flexibility index (Phi) is 7.99. The molecule has 1 aliphatic rings. The maximum Gasteiger partial charge on any atom is 1.00 e. The van der Waals surface area contributed by atoms with Crippen molar-refractivity contribution in [1.29, 1.82) is 0 Å². The summed E-state index contributed by atoms with van der Waals surface area (Å²) in [6.45, 7) is 0.0213. The summed E-state index contributed by atoms with van der Waals surface area (Å²) in [6.07, 6.45) is 0.964. The summed E-state index contributed by atoms with van der Waals surface area (Å²) in [5.74, 6) is -1.65. The molecule has 0 aromatic heterocycles. The van der Waals surface area contributed by atoms with Gasteiger partial charge in [-0.1, -0.05) is 19.3 Å². The second-order valence-electron chi connectivity index (χ2n) is 5.72. The first-order valence-electron chi connectivity index (χ1n) is 6.31. The van der Waals surface area contributed by atoms with Crippen LogP contribution in [0.4, 0.5) is 17.7 Å². The summed E-state index contributed by atoms with van der Waals surface area (Å²) >= 11 is 0. The molecule has 0 aliphatic carbocycles. The van der Waals surface area contributed by atoms with Crippen molar-refractivity contribution < 1.29 is 73.9 Å². The molecule has 0 bridgehead atoms. The van der Waals surface area contributed by atoms with E-state index in [4.69, 9.17) is 4.74 Å². The fourth-order valence-corrected chi connectivity index (χ4v) is 2.07. The molecule has 0 aromatic rings. The third kappa shape index (κ3) is 6.84. The molecule has 1 heterocycles. The maximum atomic E-state index is 13.0. The number of hydrogen-bond acceptors (Lipinski definition) is 2. The third-order valence-corrected chi connectivity index (χ3v) is 2.86. The molecule has 1 fully saturated rings. The molecule has 0 spiro atoms. The van der Waals surface area contributed by atoms with E-state index >= 15 is 0 Å². The Bertz CT molecular complexity index is 307. The zero-order chi connectivity index (χ0) is 14.0. The monoisotopic (exact) mass is 305 g/mol. The number of nitrogens with zero attached hydrogens (tertiary/aromatic N) is 1. The Hall–Kier alpha value is 0.761. The van der Waals surface area contributed by atoms with Crippen LogP contribution in [0.15, 0.2) is 0 Å². The van der Waals surface area contributed by atoms with Gasteiger partial charge >= 0.3 is 64.5 Å². The number of hydrogen-bond donors (Lipinski definition) is 0. The number of amides is 1. The van der Waals surface area contributed by atoms with Gasteiger partial charge < -0.3 is 22.6 Å². The molecule has 0 radical (unpaired) electrons. The van der Waals surface area contributed by atoms with Crippen LogP contribution in [0.5, 0.6) is 0 Å². The van der Waals surface area contributed by atoms with E-state index in [1.165, 1.54) is 0 Å². The minimum Gasteiger partial charge on any atom is -0.448 e. The van der Waals surface area contributed by atoms with Crippen LogP contribution in [0.25, 0.3) is 0 Å². The van der Waals surface area contributed by atoms with Crippen LogP contribution in [0.1, 0.15) is 46.5 Å². The van der Waals surface area contributed by atoms with Gasteiger partial charge in [0.1, 0.15) is 5.60 Å². The van der Waals surface area contributed by atoms with Gasteiger partial charge in [-0.2, -0.15) is 0 Å². The number of ether oxygens (including phenoxy) is 1. The Morgan fingerprint density at radius 1 is 1.21 bits per heavy atom. The minimum absolute atomic E-state index is 0. The molecule has 1 saturated heterocycles. The van der Waals surface area contributed by atoms with Gasteiger partial charge in [0.05, 0.1) is 0 Å². The maximum absolute atomic E-state index is 13.0. The topological polar surface area (TPSA) is 29.5 Å². The Morgan fingerprint density at radius 3 is 2.26 bits per heavy atom. The van der Waals surface area contributed by atoms with Crippen LogP contribution in [-0.4, -0.2) is 36.1 Å². The standard InChI is InChI=1S/C11H20BF3NO2.K/c1-11(2,3)18-10(17)16-8-6-4-5-7-9(16)12(13,14)15;/h9H,4-8H2,1-3H3;/q-1;+1. The van der Waals surface area contributed by atoms with Crippen molar-refractivity contribution in [2.75, 3.05) is 6.54 Å². The van der Waals surface area contributed by atoms with E-state index in [1.54, 1.807) is 20.8 Å². The number of likely N-dealkylation sites (tertiary alicyclic amines) is 1. The molecule has 1 atom stereocenters. The van der Waals surface area contributed by atoms with Crippen molar-refractivity contribution in [2.45, 2.75) is 58.0 Å². The van der Waals surface area contributed by atoms with Crippen LogP contribution >= 0.6 is 0 Å². The summed E-state index contributed by atoms with van der Waals surface area (Å²) in [6, 6.07) is 0. The van der Waals surface area contributed by atoms with Crippen LogP contribution in [-0.2, 0) is 4.74 Å². The second-order valence-corrected chi connectivity index (χ2v) is 5.72. The Balaban J connectivity index is 0.00000324. The quantitative estimate of drug-likeness (QED) is 0.663. The van der Waals surface area contributed by atoms with Crippen LogP contribution in [0, 0.1) is 0 Å². The molecule has 0 aromatic carbocycles. The summed E-state index contributed by atoms with van der Waals surface area (Å²) in [5, 5.41) is 0. The number of carbonyl (C=O) groups is 1. The average molecular weight is 305 g/mol. The van der Waals surface area contributed by atoms with Gasteiger partial charge in [-0.05, 0) is 27.2 Å². The molecule has 1 rings (SSSR count). The van der Waals surface area contributed by atoms with Gasteiger partial charge in [0.25, 0.3) is 0 Å². The van der Waals surface area contributed by atoms with Crippen molar-refractivity contribution in [3.8, 4) is 0 Å². The number of rotatable bonds is 1. The van der Waals surface area contributed by atoms with Crippen LogP contribution in [0.2, 0.25) is 0 Å². The summed E-state index contributed by atoms with van der Waals surface area (Å²) in [5.41, 5.74) is -0.771. The van der Waals surface area contributed by atoms with Crippen LogP contribution in [0.3, 0.4) is 0 Å². The number of carbonyl (C=O) groups excluding carboxylic acids is 1. The molecule has 1 amide bonds. The zero-order valence-corrected chi connectivity index (χ0v) is 15.2. The van der Waals surface area contributed by atoms with E-state index in [2.05, 4.69) is 0 Å². The first-order valence-corrected chi connectivity index (χ1v) is 6.31. The normalized spacial score (nSPS) is 21.4. The molecular formula is C11H20BF3KNO2. The smallest absolute Gasteiger partial charge is 0.448 e. The van der Waals surface area contributed by atoms with Crippen molar-refractivity contribution in [3.05, 3.63) is 0 Å². The van der Waals surface area contributed by atoms with Gasteiger partial charge in [-0.15, -0.1) is 0 Å². The first kappa shape index (κ1) is 19.8. The predicted octanol–water partition coefficient (Wildman–Crippen LogP) is 0.557. The SMILES string of the molecule is CC(C)(C)OC(=O)N1CCCCCC1[B-](F)(F)F.[K+]. The third-order valence-electron chi connectivity index (χ3n) is 2.86. The Labute approximate surface area is 155 Å². The molecule has 19 heavy (non-hydrogen) atoms. The van der Waals surface area contributed by atoms with Gasteiger partial charge in [0.15, 0.2) is 0 Å². The fraction of sp³-hybridized carbons (Fsp3) is 0.909. The fourth-order valence-electron chi connectivity index (χ4n) is 2.07. The van der Waals surface area contributed by atoms with E-state index in [9.17, 15) is 17.7 Å². The van der Waals surface area contributed by atoms with Gasteiger partial charge in [0.2, 0.25) is 0 Å². The summed E-state index contributed by atoms with van der Waals surface area (Å²) < 4.78 is 44.0. The molecule has 3 nitrogen and oxygen atoms in total. The molecule has 1 unspecified atom stereocenters. The van der Waals surface area contributed by atoms with E-state index in [1.807, 2.05) is 0 Å². The minimum atomic E-state index is -5.05. The van der Waals surface area contributed by atoms with E-state index < -0.39 is 24.6 Å². The molecular weight excluding hydrogens is 285 g/mol. The molecule has 8 heteroatoms. The summed E-state index contributed by atoms with van der Waals surface area (Å²) in [4.78, 5) is 12.7. The zero-order valence-electron chi connectivity index (χ0n) is 12.1. The van der Waals surface area contributed by atoms with Crippen molar-refractivity contribution in [2.24, 2.45) is 0 Å². The van der Waals surface area contributed by atoms with Gasteiger partial charge in [0, 0.05) is 12.5 Å². The van der Waals surface area contributed by atoms with E-state index in [-0.39, 0.29) is 64.4 Å². The van der Waals surface area contributed by atoms with Crippen LogP contribution < -0.4 is 51.4 Å². The molecule has 106 valence electrons. The molecule has 0 N–H and O–H groups in total. The summed E-state index contributed by atoms with van der Waals surface area (Å²) in [7, 11) is 0. The van der Waals surface area contributed by atoms with E-state index in [0.717, 1.165) is 11.3 Å². The predicted molar refractivity (Wildman–Crippen MR) is 64.3 cm³/mol. The second kappa shape index (κ2) is 7.68. The molecule has 1 aliphatic heterocycles. The Morgan fingerprint density at radius 2 is 1.79 bits per heavy atom. The van der Waals surface area contributed by atoms with Gasteiger partial charge in [-0.25, -0.2) is 4.79 Å². The van der Waals surface area contributed by atoms with Crippen molar-refractivity contribution in [3.63, 3.8) is 0 Å². The van der Waals surface area contributed by atoms with Gasteiger partial charge in [-0.3, -0.25) is 0 Å². The van der Waals surface area contributed by atoms with Crippen molar-refractivity contribution in [1.82, 2.24) is 4.90 Å². The average Bonchev–Trinajstić information content (AvgIpc) is 2.37. The van der Waals surface area contributed by atoms with Crippen molar-refractivity contribution >= 4 is 13.1 Å². The largest absolute Gasteiger partial charge is 1.00 e. The van der Waals surface area contributed by atoms with E-state index in [0.29, 0.717) is 12.8 Å². The molecule has 0 saturated carbocycles. The first-order chi connectivity index (χ1) is 8.11.